The Labute approximate surface area is 76.4 Å². The van der Waals surface area contributed by atoms with E-state index in [1.54, 1.807) is 0 Å². The van der Waals surface area contributed by atoms with Gasteiger partial charge in [-0.15, -0.1) is 0 Å². The van der Waals surface area contributed by atoms with Crippen molar-refractivity contribution in [1.29, 1.82) is 0 Å². The lowest BCUT2D eigenvalue weighted by atomic mass is 10.2. The van der Waals surface area contributed by atoms with Crippen LogP contribution in [0.3, 0.4) is 0 Å². The van der Waals surface area contributed by atoms with E-state index in [0.29, 0.717) is 18.4 Å². The third-order valence-electron chi connectivity index (χ3n) is 1.40. The Morgan fingerprint density at radius 3 is 3.00 bits per heavy atom. The highest BCUT2D eigenvalue weighted by atomic mass is 19.1. The fourth-order valence-electron chi connectivity index (χ4n) is 0.812. The number of aromatic nitrogens is 1. The fraction of sp³-hybridized carbons (Fsp3) is 0.300. The second-order valence-corrected chi connectivity index (χ2v) is 2.52. The van der Waals surface area contributed by atoms with Gasteiger partial charge in [0.25, 0.3) is 0 Å². The van der Waals surface area contributed by atoms with Crippen LogP contribution in [0.5, 0.6) is 0 Å². The van der Waals surface area contributed by atoms with Gasteiger partial charge in [0.2, 0.25) is 0 Å². The van der Waals surface area contributed by atoms with E-state index in [4.69, 9.17) is 5.11 Å². The second-order valence-electron chi connectivity index (χ2n) is 2.52. The summed E-state index contributed by atoms with van der Waals surface area (Å²) in [4.78, 5) is 3.66. The molecule has 0 bridgehead atoms. The Balaban J connectivity index is 2.56. The molecule has 0 atom stereocenters. The van der Waals surface area contributed by atoms with Crippen molar-refractivity contribution in [3.8, 4) is 11.8 Å². The molecule has 0 saturated heterocycles. The van der Waals surface area contributed by atoms with E-state index in [2.05, 4.69) is 16.8 Å². The van der Waals surface area contributed by atoms with Crippen molar-refractivity contribution in [1.82, 2.24) is 4.98 Å². The van der Waals surface area contributed by atoms with Gasteiger partial charge in [0.05, 0.1) is 6.20 Å². The summed E-state index contributed by atoms with van der Waals surface area (Å²) in [6.07, 6.45) is 3.91. The highest BCUT2D eigenvalue weighted by molar-refractivity contribution is 5.31. The zero-order valence-corrected chi connectivity index (χ0v) is 7.13. The predicted molar refractivity (Wildman–Crippen MR) is 47.4 cm³/mol. The minimum Gasteiger partial charge on any atom is -0.396 e. The fourth-order valence-corrected chi connectivity index (χ4v) is 0.812. The zero-order chi connectivity index (χ0) is 9.52. The molecule has 0 saturated carbocycles. The van der Waals surface area contributed by atoms with Crippen molar-refractivity contribution in [3.63, 3.8) is 0 Å². The van der Waals surface area contributed by atoms with Gasteiger partial charge in [-0.05, 0) is 12.5 Å². The monoisotopic (exact) mass is 179 g/mol. The molecule has 0 aliphatic carbocycles. The van der Waals surface area contributed by atoms with E-state index in [1.165, 1.54) is 12.3 Å². The molecule has 0 fully saturated rings. The third-order valence-corrected chi connectivity index (χ3v) is 1.40. The molecule has 0 amide bonds. The van der Waals surface area contributed by atoms with E-state index in [-0.39, 0.29) is 12.4 Å². The van der Waals surface area contributed by atoms with Gasteiger partial charge in [0, 0.05) is 24.8 Å². The molecule has 3 heteroatoms. The molecule has 1 aromatic rings. The zero-order valence-electron chi connectivity index (χ0n) is 7.13. The minimum atomic E-state index is -0.381. The molecule has 13 heavy (non-hydrogen) atoms. The molecule has 2 nitrogen and oxygen atoms in total. The maximum atomic E-state index is 12.6. The summed E-state index contributed by atoms with van der Waals surface area (Å²) in [5, 5.41) is 8.47. The van der Waals surface area contributed by atoms with Crippen molar-refractivity contribution in [2.75, 3.05) is 6.61 Å². The second kappa shape index (κ2) is 5.28. The normalized spacial score (nSPS) is 9.08. The van der Waals surface area contributed by atoms with Crippen LogP contribution in [0.15, 0.2) is 18.5 Å². The van der Waals surface area contributed by atoms with Crippen molar-refractivity contribution >= 4 is 0 Å². The van der Waals surface area contributed by atoms with Crippen LogP contribution in [0.25, 0.3) is 0 Å². The van der Waals surface area contributed by atoms with Crippen molar-refractivity contribution in [2.45, 2.75) is 12.8 Å². The van der Waals surface area contributed by atoms with Crippen molar-refractivity contribution in [3.05, 3.63) is 29.8 Å². The van der Waals surface area contributed by atoms with E-state index < -0.39 is 0 Å². The summed E-state index contributed by atoms with van der Waals surface area (Å²) in [6, 6.07) is 1.33. The molecule has 0 aromatic carbocycles. The van der Waals surface area contributed by atoms with Crippen LogP contribution in [0, 0.1) is 17.7 Å². The highest BCUT2D eigenvalue weighted by Gasteiger charge is 1.90. The van der Waals surface area contributed by atoms with Crippen LogP contribution < -0.4 is 0 Å². The van der Waals surface area contributed by atoms with Gasteiger partial charge in [-0.2, -0.15) is 0 Å². The lowest BCUT2D eigenvalue weighted by Crippen LogP contribution is -1.82. The Morgan fingerprint density at radius 1 is 1.46 bits per heavy atom. The van der Waals surface area contributed by atoms with Gasteiger partial charge in [-0.3, -0.25) is 4.98 Å². The molecule has 0 aliphatic heterocycles. The van der Waals surface area contributed by atoms with Gasteiger partial charge >= 0.3 is 0 Å². The molecule has 1 rings (SSSR count). The van der Waals surface area contributed by atoms with Crippen LogP contribution in [0.4, 0.5) is 4.39 Å². The first-order chi connectivity index (χ1) is 6.33. The molecular weight excluding hydrogens is 169 g/mol. The van der Waals surface area contributed by atoms with Crippen LogP contribution in [-0.2, 0) is 0 Å². The largest absolute Gasteiger partial charge is 0.396 e. The highest BCUT2D eigenvalue weighted by Crippen LogP contribution is 1.98. The van der Waals surface area contributed by atoms with Crippen molar-refractivity contribution in [2.24, 2.45) is 0 Å². The molecule has 0 radical (unpaired) electrons. The molecule has 0 spiro atoms. The average Bonchev–Trinajstić information content (AvgIpc) is 2.13. The number of aliphatic hydroxyl groups is 1. The van der Waals surface area contributed by atoms with Gasteiger partial charge in [0.15, 0.2) is 0 Å². The maximum Gasteiger partial charge on any atom is 0.142 e. The van der Waals surface area contributed by atoms with Gasteiger partial charge in [-0.25, -0.2) is 4.39 Å². The predicted octanol–water partition coefficient (Wildman–Crippen LogP) is 1.34. The Hall–Kier alpha value is -1.40. The summed E-state index contributed by atoms with van der Waals surface area (Å²) in [5.74, 6) is 5.19. The lowest BCUT2D eigenvalue weighted by Gasteiger charge is -1.88. The molecular formula is C10H10FNO. The van der Waals surface area contributed by atoms with Crippen molar-refractivity contribution < 1.29 is 9.50 Å². The van der Waals surface area contributed by atoms with E-state index in [9.17, 15) is 4.39 Å². The molecule has 1 heterocycles. The molecule has 0 unspecified atom stereocenters. The topological polar surface area (TPSA) is 33.1 Å². The number of hydrogen-bond donors (Lipinski definition) is 1. The van der Waals surface area contributed by atoms with E-state index in [0.717, 1.165) is 6.20 Å². The standard InChI is InChI=1S/C10H10FNO/c11-10-6-9(7-12-8-10)4-2-1-3-5-13/h6-8,13H,1,3,5H2. The van der Waals surface area contributed by atoms with Gasteiger partial charge in [-0.1, -0.05) is 11.8 Å². The Bertz CT molecular complexity index is 327. The lowest BCUT2D eigenvalue weighted by molar-refractivity contribution is 0.290. The average molecular weight is 179 g/mol. The number of pyridine rings is 1. The molecule has 68 valence electrons. The molecule has 1 aromatic heterocycles. The SMILES string of the molecule is OCCCC#Cc1cncc(F)c1. The summed E-state index contributed by atoms with van der Waals surface area (Å²) in [5.41, 5.74) is 0.568. The van der Waals surface area contributed by atoms with Crippen LogP contribution in [-0.4, -0.2) is 16.7 Å². The number of rotatable bonds is 2. The Kier molecular flexibility index (Phi) is 3.94. The number of aliphatic hydroxyl groups excluding tert-OH is 1. The summed E-state index contributed by atoms with van der Waals surface area (Å²) in [7, 11) is 0. The first-order valence-electron chi connectivity index (χ1n) is 4.03. The number of nitrogens with zero attached hydrogens (tertiary/aromatic N) is 1. The van der Waals surface area contributed by atoms with Crippen LogP contribution >= 0.6 is 0 Å². The van der Waals surface area contributed by atoms with Gasteiger partial charge in [0.1, 0.15) is 5.82 Å². The van der Waals surface area contributed by atoms with E-state index >= 15 is 0 Å². The maximum absolute atomic E-state index is 12.6. The number of unbranched alkanes of at least 4 members (excludes halogenated alkanes) is 1. The van der Waals surface area contributed by atoms with Crippen LogP contribution in [0.1, 0.15) is 18.4 Å². The third kappa shape index (κ3) is 3.68. The Morgan fingerprint density at radius 2 is 2.31 bits per heavy atom. The van der Waals surface area contributed by atoms with Crippen LogP contribution in [0.2, 0.25) is 0 Å². The number of halogens is 1. The summed E-state index contributed by atoms with van der Waals surface area (Å²) < 4.78 is 12.6. The smallest absolute Gasteiger partial charge is 0.142 e. The van der Waals surface area contributed by atoms with Gasteiger partial charge < -0.3 is 5.11 Å². The molecule has 1 N–H and O–H groups in total. The summed E-state index contributed by atoms with van der Waals surface area (Å²) >= 11 is 0. The first kappa shape index (κ1) is 9.69. The molecule has 0 aliphatic rings. The minimum absolute atomic E-state index is 0.135. The van der Waals surface area contributed by atoms with E-state index in [1.807, 2.05) is 0 Å². The number of hydrogen-bond acceptors (Lipinski definition) is 2. The first-order valence-corrected chi connectivity index (χ1v) is 4.03. The quantitative estimate of drug-likeness (QED) is 0.549. The summed E-state index contributed by atoms with van der Waals surface area (Å²) in [6.45, 7) is 0.135.